The molecule has 18 heavy (non-hydrogen) atoms. The van der Waals surface area contributed by atoms with Crippen LogP contribution in [0.25, 0.3) is 0 Å². The quantitative estimate of drug-likeness (QED) is 0.799. The van der Waals surface area contributed by atoms with Gasteiger partial charge in [0.25, 0.3) is 0 Å². The van der Waals surface area contributed by atoms with Crippen LogP contribution in [0.1, 0.15) is 5.56 Å². The summed E-state index contributed by atoms with van der Waals surface area (Å²) in [5.41, 5.74) is 0.973. The fourth-order valence-corrected chi connectivity index (χ4v) is 2.36. The smallest absolute Gasteiger partial charge is 0.140 e. The maximum absolute atomic E-state index is 6.19. The molecule has 94 valence electrons. The summed E-state index contributed by atoms with van der Waals surface area (Å²) in [5, 5.41) is 3.81. The second-order valence-corrected chi connectivity index (χ2v) is 5.35. The number of para-hydroxylation sites is 1. The van der Waals surface area contributed by atoms with Crippen molar-refractivity contribution < 1.29 is 4.74 Å². The highest BCUT2D eigenvalue weighted by Gasteiger charge is 2.09. The topological polar surface area (TPSA) is 21.3 Å². The molecule has 2 rings (SSSR count). The van der Waals surface area contributed by atoms with E-state index in [0.29, 0.717) is 11.6 Å². The lowest BCUT2D eigenvalue weighted by Gasteiger charge is -2.13. The SMILES string of the molecule is CNCc1c(Cl)cccc1Oc1ccccc1I. The molecule has 0 radical (unpaired) electrons. The van der Waals surface area contributed by atoms with Gasteiger partial charge in [0.05, 0.1) is 3.57 Å². The molecule has 0 amide bonds. The van der Waals surface area contributed by atoms with Crippen molar-refractivity contribution in [3.63, 3.8) is 0 Å². The normalized spacial score (nSPS) is 10.4. The molecule has 0 aliphatic rings. The van der Waals surface area contributed by atoms with Gasteiger partial charge in [-0.05, 0) is 53.9 Å². The van der Waals surface area contributed by atoms with Crippen molar-refractivity contribution >= 4 is 34.2 Å². The van der Waals surface area contributed by atoms with Gasteiger partial charge in [-0.2, -0.15) is 0 Å². The summed E-state index contributed by atoms with van der Waals surface area (Å²) in [5.74, 6) is 1.64. The average molecular weight is 374 g/mol. The first-order valence-corrected chi connectivity index (χ1v) is 7.02. The molecule has 2 nitrogen and oxygen atoms in total. The van der Waals surface area contributed by atoms with Crippen LogP contribution >= 0.6 is 34.2 Å². The van der Waals surface area contributed by atoms with E-state index >= 15 is 0 Å². The zero-order chi connectivity index (χ0) is 13.0. The Hall–Kier alpha value is -0.780. The third-order valence-electron chi connectivity index (χ3n) is 2.49. The maximum atomic E-state index is 6.19. The zero-order valence-electron chi connectivity index (χ0n) is 9.91. The van der Waals surface area contributed by atoms with Crippen LogP contribution < -0.4 is 10.1 Å². The van der Waals surface area contributed by atoms with Gasteiger partial charge in [0.2, 0.25) is 0 Å². The number of nitrogens with one attached hydrogen (secondary N) is 1. The van der Waals surface area contributed by atoms with E-state index in [1.165, 1.54) is 0 Å². The monoisotopic (exact) mass is 373 g/mol. The standard InChI is InChI=1S/C14H13ClINO/c1-17-9-10-11(15)5-4-8-13(10)18-14-7-3-2-6-12(14)16/h2-8,17H,9H2,1H3. The Balaban J connectivity index is 2.34. The minimum atomic E-state index is 0.679. The van der Waals surface area contributed by atoms with Crippen molar-refractivity contribution in [3.8, 4) is 11.5 Å². The Bertz CT molecular complexity index is 545. The highest BCUT2D eigenvalue weighted by molar-refractivity contribution is 14.1. The minimum Gasteiger partial charge on any atom is -0.456 e. The van der Waals surface area contributed by atoms with Crippen LogP contribution in [0.2, 0.25) is 5.02 Å². The van der Waals surface area contributed by atoms with Crippen molar-refractivity contribution in [1.82, 2.24) is 5.32 Å². The van der Waals surface area contributed by atoms with Crippen molar-refractivity contribution in [3.05, 3.63) is 56.6 Å². The molecular weight excluding hydrogens is 361 g/mol. The van der Waals surface area contributed by atoms with E-state index in [2.05, 4.69) is 27.9 Å². The van der Waals surface area contributed by atoms with E-state index < -0.39 is 0 Å². The van der Waals surface area contributed by atoms with Gasteiger partial charge in [0.15, 0.2) is 0 Å². The second-order valence-electron chi connectivity index (χ2n) is 3.78. The summed E-state index contributed by atoms with van der Waals surface area (Å²) in [6.07, 6.45) is 0. The van der Waals surface area contributed by atoms with Gasteiger partial charge in [-0.15, -0.1) is 0 Å². The Morgan fingerprint density at radius 1 is 1.11 bits per heavy atom. The molecule has 1 N–H and O–H groups in total. The third-order valence-corrected chi connectivity index (χ3v) is 3.73. The summed E-state index contributed by atoms with van der Waals surface area (Å²) in [4.78, 5) is 0. The van der Waals surface area contributed by atoms with Crippen LogP contribution in [-0.4, -0.2) is 7.05 Å². The van der Waals surface area contributed by atoms with Crippen molar-refractivity contribution in [1.29, 1.82) is 0 Å². The van der Waals surface area contributed by atoms with Gasteiger partial charge in [0, 0.05) is 17.1 Å². The molecule has 0 atom stereocenters. The van der Waals surface area contributed by atoms with Gasteiger partial charge in [-0.3, -0.25) is 0 Å². The Morgan fingerprint density at radius 3 is 2.56 bits per heavy atom. The van der Waals surface area contributed by atoms with Gasteiger partial charge in [0.1, 0.15) is 11.5 Å². The van der Waals surface area contributed by atoms with Crippen LogP contribution in [0, 0.1) is 3.57 Å². The summed E-state index contributed by atoms with van der Waals surface area (Å²) >= 11 is 8.45. The van der Waals surface area contributed by atoms with Crippen LogP contribution in [0.5, 0.6) is 11.5 Å². The van der Waals surface area contributed by atoms with Crippen LogP contribution in [0.3, 0.4) is 0 Å². The Kier molecular flexibility index (Phi) is 4.86. The molecule has 0 saturated carbocycles. The zero-order valence-corrected chi connectivity index (χ0v) is 12.8. The van der Waals surface area contributed by atoms with E-state index in [1.54, 1.807) is 0 Å². The predicted octanol–water partition coefficient (Wildman–Crippen LogP) is 4.46. The van der Waals surface area contributed by atoms with Crippen LogP contribution in [0.15, 0.2) is 42.5 Å². The molecule has 4 heteroatoms. The summed E-state index contributed by atoms with van der Waals surface area (Å²) in [6.45, 7) is 0.679. The van der Waals surface area contributed by atoms with Gasteiger partial charge >= 0.3 is 0 Å². The van der Waals surface area contributed by atoms with Crippen molar-refractivity contribution in [2.24, 2.45) is 0 Å². The van der Waals surface area contributed by atoms with Gasteiger partial charge in [-0.25, -0.2) is 0 Å². The van der Waals surface area contributed by atoms with Crippen LogP contribution in [-0.2, 0) is 6.54 Å². The highest BCUT2D eigenvalue weighted by atomic mass is 127. The number of hydrogen-bond donors (Lipinski definition) is 1. The third kappa shape index (κ3) is 3.16. The molecule has 2 aromatic rings. The summed E-state index contributed by atoms with van der Waals surface area (Å²) < 4.78 is 7.02. The highest BCUT2D eigenvalue weighted by Crippen LogP contribution is 2.32. The molecule has 0 fully saturated rings. The maximum Gasteiger partial charge on any atom is 0.140 e. The van der Waals surface area contributed by atoms with Crippen LogP contribution in [0.4, 0.5) is 0 Å². The first-order valence-electron chi connectivity index (χ1n) is 5.56. The number of hydrogen-bond acceptors (Lipinski definition) is 2. The van der Waals surface area contributed by atoms with E-state index in [4.69, 9.17) is 16.3 Å². The second kappa shape index (κ2) is 6.41. The molecule has 0 spiro atoms. The largest absolute Gasteiger partial charge is 0.456 e. The molecule has 0 unspecified atom stereocenters. The van der Waals surface area contributed by atoms with E-state index in [1.807, 2.05) is 49.5 Å². The number of benzene rings is 2. The van der Waals surface area contributed by atoms with Crippen molar-refractivity contribution in [2.75, 3.05) is 7.05 Å². The van der Waals surface area contributed by atoms with Gasteiger partial charge in [-0.1, -0.05) is 29.8 Å². The average Bonchev–Trinajstić information content (AvgIpc) is 2.36. The summed E-state index contributed by atoms with van der Waals surface area (Å²) in [6, 6.07) is 13.6. The molecule has 0 aliphatic heterocycles. The predicted molar refractivity (Wildman–Crippen MR) is 83.4 cm³/mol. The minimum absolute atomic E-state index is 0.679. The first-order chi connectivity index (χ1) is 8.72. The first kappa shape index (κ1) is 13.6. The Morgan fingerprint density at radius 2 is 1.83 bits per heavy atom. The Labute approximate surface area is 125 Å². The lowest BCUT2D eigenvalue weighted by molar-refractivity contribution is 0.471. The molecule has 0 aromatic heterocycles. The molecule has 2 aromatic carbocycles. The lowest BCUT2D eigenvalue weighted by atomic mass is 10.2. The number of ether oxygens (including phenoxy) is 1. The number of halogens is 2. The lowest BCUT2D eigenvalue weighted by Crippen LogP contribution is -2.07. The fourth-order valence-electron chi connectivity index (χ4n) is 1.63. The summed E-state index contributed by atoms with van der Waals surface area (Å²) in [7, 11) is 1.89. The number of rotatable bonds is 4. The van der Waals surface area contributed by atoms with E-state index in [-0.39, 0.29) is 0 Å². The molecular formula is C14H13ClINO. The molecule has 0 bridgehead atoms. The molecule has 0 aliphatic carbocycles. The van der Waals surface area contributed by atoms with E-state index in [0.717, 1.165) is 20.6 Å². The van der Waals surface area contributed by atoms with Gasteiger partial charge < -0.3 is 10.1 Å². The molecule has 0 heterocycles. The van der Waals surface area contributed by atoms with Crippen molar-refractivity contribution in [2.45, 2.75) is 6.54 Å². The fraction of sp³-hybridized carbons (Fsp3) is 0.143. The molecule has 0 saturated heterocycles. The van der Waals surface area contributed by atoms with E-state index in [9.17, 15) is 0 Å².